The summed E-state index contributed by atoms with van der Waals surface area (Å²) >= 11 is 0. The maximum Gasteiger partial charge on any atom is 0.238 e. The lowest BCUT2D eigenvalue weighted by molar-refractivity contribution is -0.118. The summed E-state index contributed by atoms with van der Waals surface area (Å²) in [4.78, 5) is 14.3. The molecular weight excluding hydrogens is 270 g/mol. The second-order valence-corrected chi connectivity index (χ2v) is 5.47. The van der Waals surface area contributed by atoms with E-state index < -0.39 is 0 Å². The van der Waals surface area contributed by atoms with E-state index in [0.717, 1.165) is 25.1 Å². The summed E-state index contributed by atoms with van der Waals surface area (Å²) in [6, 6.07) is 5.74. The molecule has 2 heterocycles. The number of ether oxygens (including phenoxy) is 2. The Hall–Kier alpha value is -1.79. The molecule has 0 radical (unpaired) electrons. The van der Waals surface area contributed by atoms with Crippen LogP contribution in [0.5, 0.6) is 11.5 Å². The largest absolute Gasteiger partial charge is 0.454 e. The minimum absolute atomic E-state index is 0.0192. The average molecular weight is 291 g/mol. The van der Waals surface area contributed by atoms with E-state index in [0.29, 0.717) is 30.6 Å². The van der Waals surface area contributed by atoms with Gasteiger partial charge < -0.3 is 20.5 Å². The zero-order valence-corrected chi connectivity index (χ0v) is 12.0. The second-order valence-electron chi connectivity index (χ2n) is 5.47. The van der Waals surface area contributed by atoms with Gasteiger partial charge in [-0.3, -0.25) is 9.69 Å². The molecule has 114 valence electrons. The van der Waals surface area contributed by atoms with Gasteiger partial charge in [0.2, 0.25) is 12.7 Å². The van der Waals surface area contributed by atoms with Crippen molar-refractivity contribution in [2.24, 2.45) is 5.73 Å². The van der Waals surface area contributed by atoms with E-state index in [9.17, 15) is 4.79 Å². The number of amides is 1. The third-order valence-corrected chi connectivity index (χ3v) is 4.02. The fourth-order valence-corrected chi connectivity index (χ4v) is 2.89. The number of fused-ring (bicyclic) bond motifs is 1. The first-order chi connectivity index (χ1) is 10.3. The Kier molecular flexibility index (Phi) is 4.26. The Morgan fingerprint density at radius 1 is 1.33 bits per heavy atom. The molecule has 1 fully saturated rings. The number of carbonyl (C=O) groups excluding carboxylic acids is 1. The quantitative estimate of drug-likeness (QED) is 0.870. The van der Waals surface area contributed by atoms with Crippen LogP contribution in [0.2, 0.25) is 0 Å². The van der Waals surface area contributed by atoms with Gasteiger partial charge in [0.05, 0.1) is 6.54 Å². The lowest BCUT2D eigenvalue weighted by atomic mass is 10.0. The zero-order valence-electron chi connectivity index (χ0n) is 12.0. The predicted molar refractivity (Wildman–Crippen MR) is 79.5 cm³/mol. The third-order valence-electron chi connectivity index (χ3n) is 4.02. The maximum absolute atomic E-state index is 12.2. The molecule has 3 N–H and O–H groups in total. The first-order valence-electron chi connectivity index (χ1n) is 7.40. The molecule has 1 saturated heterocycles. The number of benzene rings is 1. The number of rotatable bonds is 4. The van der Waals surface area contributed by atoms with Crippen LogP contribution in [0.4, 0.5) is 5.69 Å². The van der Waals surface area contributed by atoms with Crippen LogP contribution < -0.4 is 20.5 Å². The summed E-state index contributed by atoms with van der Waals surface area (Å²) < 4.78 is 10.6. The molecule has 1 amide bonds. The number of carbonyl (C=O) groups is 1. The van der Waals surface area contributed by atoms with Crippen molar-refractivity contribution in [1.82, 2.24) is 4.90 Å². The van der Waals surface area contributed by atoms with Crippen LogP contribution in [-0.2, 0) is 4.79 Å². The molecule has 1 aromatic rings. The number of nitrogens with one attached hydrogen (secondary N) is 1. The van der Waals surface area contributed by atoms with Gasteiger partial charge in [-0.2, -0.15) is 0 Å². The first-order valence-corrected chi connectivity index (χ1v) is 7.40. The lowest BCUT2D eigenvalue weighted by Crippen LogP contribution is -2.47. The monoisotopic (exact) mass is 291 g/mol. The molecule has 1 unspecified atom stereocenters. The molecule has 3 rings (SSSR count). The molecule has 1 atom stereocenters. The van der Waals surface area contributed by atoms with Crippen molar-refractivity contribution in [2.75, 3.05) is 31.7 Å². The topological polar surface area (TPSA) is 76.8 Å². The summed E-state index contributed by atoms with van der Waals surface area (Å²) in [7, 11) is 0. The highest BCUT2D eigenvalue weighted by molar-refractivity contribution is 5.92. The standard InChI is InChI=1S/C15H21N3O3/c16-8-12-3-1-2-6-18(12)9-15(19)17-11-4-5-13-14(7-11)21-10-20-13/h4-5,7,12H,1-3,6,8-10,16H2,(H,17,19). The summed E-state index contributed by atoms with van der Waals surface area (Å²) in [5.41, 5.74) is 6.51. The van der Waals surface area contributed by atoms with Gasteiger partial charge in [0.1, 0.15) is 0 Å². The van der Waals surface area contributed by atoms with Crippen molar-refractivity contribution in [1.29, 1.82) is 0 Å². The SMILES string of the molecule is NCC1CCCCN1CC(=O)Nc1ccc2c(c1)OCO2. The molecule has 0 aromatic heterocycles. The molecule has 1 aromatic carbocycles. The number of hydrogen-bond donors (Lipinski definition) is 2. The van der Waals surface area contributed by atoms with Gasteiger partial charge in [-0.1, -0.05) is 6.42 Å². The summed E-state index contributed by atoms with van der Waals surface area (Å²) in [5, 5.41) is 2.91. The normalized spacial score (nSPS) is 21.3. The summed E-state index contributed by atoms with van der Waals surface area (Å²) in [6.07, 6.45) is 3.41. The van der Waals surface area contributed by atoms with Crippen molar-refractivity contribution < 1.29 is 14.3 Å². The van der Waals surface area contributed by atoms with Crippen LogP contribution in [0.1, 0.15) is 19.3 Å². The minimum Gasteiger partial charge on any atom is -0.454 e. The second kappa shape index (κ2) is 6.32. The van der Waals surface area contributed by atoms with Gasteiger partial charge in [-0.05, 0) is 31.5 Å². The number of piperidine rings is 1. The van der Waals surface area contributed by atoms with Crippen molar-refractivity contribution in [2.45, 2.75) is 25.3 Å². The molecule has 6 nitrogen and oxygen atoms in total. The Morgan fingerprint density at radius 3 is 3.05 bits per heavy atom. The Labute approximate surface area is 124 Å². The van der Waals surface area contributed by atoms with Crippen LogP contribution in [-0.4, -0.2) is 43.3 Å². The summed E-state index contributed by atoms with van der Waals surface area (Å²) in [5.74, 6) is 1.37. The first kappa shape index (κ1) is 14.2. The van der Waals surface area contributed by atoms with Crippen LogP contribution >= 0.6 is 0 Å². The average Bonchev–Trinajstić information content (AvgIpc) is 2.95. The maximum atomic E-state index is 12.2. The van der Waals surface area contributed by atoms with Crippen LogP contribution in [0.3, 0.4) is 0 Å². The fraction of sp³-hybridized carbons (Fsp3) is 0.533. The fourth-order valence-electron chi connectivity index (χ4n) is 2.89. The Bertz CT molecular complexity index is 521. The van der Waals surface area contributed by atoms with E-state index >= 15 is 0 Å². The van der Waals surface area contributed by atoms with Gasteiger partial charge in [0, 0.05) is 24.3 Å². The number of hydrogen-bond acceptors (Lipinski definition) is 5. The van der Waals surface area contributed by atoms with E-state index in [2.05, 4.69) is 10.2 Å². The highest BCUT2D eigenvalue weighted by Crippen LogP contribution is 2.34. The lowest BCUT2D eigenvalue weighted by Gasteiger charge is -2.34. The van der Waals surface area contributed by atoms with Crippen LogP contribution in [0.25, 0.3) is 0 Å². The van der Waals surface area contributed by atoms with E-state index in [1.165, 1.54) is 6.42 Å². The van der Waals surface area contributed by atoms with Crippen molar-refractivity contribution in [3.63, 3.8) is 0 Å². The van der Waals surface area contributed by atoms with Crippen molar-refractivity contribution in [3.8, 4) is 11.5 Å². The van der Waals surface area contributed by atoms with Gasteiger partial charge in [-0.15, -0.1) is 0 Å². The Morgan fingerprint density at radius 2 is 2.19 bits per heavy atom. The van der Waals surface area contributed by atoms with Crippen molar-refractivity contribution >= 4 is 11.6 Å². The van der Waals surface area contributed by atoms with Gasteiger partial charge >= 0.3 is 0 Å². The molecule has 6 heteroatoms. The van der Waals surface area contributed by atoms with Crippen LogP contribution in [0, 0.1) is 0 Å². The Balaban J connectivity index is 1.58. The highest BCUT2D eigenvalue weighted by atomic mass is 16.7. The third kappa shape index (κ3) is 3.28. The van der Waals surface area contributed by atoms with E-state index in [1.807, 2.05) is 12.1 Å². The smallest absolute Gasteiger partial charge is 0.238 e. The molecule has 21 heavy (non-hydrogen) atoms. The molecule has 2 aliphatic heterocycles. The molecular formula is C15H21N3O3. The van der Waals surface area contributed by atoms with Crippen LogP contribution in [0.15, 0.2) is 18.2 Å². The van der Waals surface area contributed by atoms with Gasteiger partial charge in [0.15, 0.2) is 11.5 Å². The molecule has 2 aliphatic rings. The molecule has 0 bridgehead atoms. The number of likely N-dealkylation sites (tertiary alicyclic amines) is 1. The number of nitrogens with two attached hydrogens (primary N) is 1. The minimum atomic E-state index is -0.0192. The molecule has 0 spiro atoms. The van der Waals surface area contributed by atoms with E-state index in [-0.39, 0.29) is 12.7 Å². The van der Waals surface area contributed by atoms with Gasteiger partial charge in [-0.25, -0.2) is 0 Å². The van der Waals surface area contributed by atoms with Crippen molar-refractivity contribution in [3.05, 3.63) is 18.2 Å². The number of anilines is 1. The highest BCUT2D eigenvalue weighted by Gasteiger charge is 2.23. The number of nitrogens with zero attached hydrogens (tertiary/aromatic N) is 1. The van der Waals surface area contributed by atoms with E-state index in [1.54, 1.807) is 6.07 Å². The molecule has 0 saturated carbocycles. The molecule has 0 aliphatic carbocycles. The van der Waals surface area contributed by atoms with E-state index in [4.69, 9.17) is 15.2 Å². The summed E-state index contributed by atoms with van der Waals surface area (Å²) in [6.45, 7) is 2.17. The van der Waals surface area contributed by atoms with Gasteiger partial charge in [0.25, 0.3) is 0 Å². The predicted octanol–water partition coefficient (Wildman–Crippen LogP) is 1.17. The zero-order chi connectivity index (χ0) is 14.7.